The number of ether oxygens (including phenoxy) is 11. The van der Waals surface area contributed by atoms with E-state index in [2.05, 4.69) is 159 Å². The predicted molar refractivity (Wildman–Crippen MR) is 401 cm³/mol. The van der Waals surface area contributed by atoms with Crippen molar-refractivity contribution >= 4 is 41.8 Å². The molecule has 8 aliphatic heterocycles. The molecule has 620 valence electrons. The quantitative estimate of drug-likeness (QED) is 0.0911. The summed E-state index contributed by atoms with van der Waals surface area (Å²) in [6.45, 7) is 65.2. The van der Waals surface area contributed by atoms with Crippen LogP contribution >= 0.6 is 0 Å². The van der Waals surface area contributed by atoms with Gasteiger partial charge in [0, 0.05) is 109 Å². The number of hydroxylamine groups is 8. The molecule has 0 aromatic carbocycles. The van der Waals surface area contributed by atoms with Crippen LogP contribution in [0.5, 0.6) is 0 Å². The summed E-state index contributed by atoms with van der Waals surface area (Å²) in [6.07, 6.45) is 9.37. The van der Waals surface area contributed by atoms with Gasteiger partial charge in [0.1, 0.15) is 19.8 Å². The fourth-order valence-corrected chi connectivity index (χ4v) is 17.6. The van der Waals surface area contributed by atoms with Crippen molar-refractivity contribution in [2.24, 2.45) is 39.4 Å². The van der Waals surface area contributed by atoms with Crippen LogP contribution in [0, 0.1) is 39.4 Å². The zero-order chi connectivity index (χ0) is 81.7. The van der Waals surface area contributed by atoms with Crippen LogP contribution in [0.1, 0.15) is 298 Å². The maximum Gasteiger partial charge on any atom is 0.322 e. The molecule has 0 aromatic rings. The van der Waals surface area contributed by atoms with E-state index in [0.717, 1.165) is 51.4 Å². The molecular weight excluding hydrogens is 1380 g/mol. The van der Waals surface area contributed by atoms with Crippen LogP contribution in [0.2, 0.25) is 0 Å². The van der Waals surface area contributed by atoms with Gasteiger partial charge in [0.15, 0.2) is 23.1 Å². The molecule has 26 heteroatoms. The van der Waals surface area contributed by atoms with Gasteiger partial charge in [-0.15, -0.1) is 20.3 Å². The molecule has 0 aromatic heterocycles. The van der Waals surface area contributed by atoms with Gasteiger partial charge >= 0.3 is 41.8 Å². The van der Waals surface area contributed by atoms with Gasteiger partial charge in [0.05, 0.1) is 108 Å². The van der Waals surface area contributed by atoms with Crippen LogP contribution in [0.3, 0.4) is 0 Å². The van der Waals surface area contributed by atoms with Crippen molar-refractivity contribution in [3.63, 3.8) is 0 Å². The maximum absolute atomic E-state index is 11.9. The van der Waals surface area contributed by atoms with Crippen LogP contribution in [0.4, 0.5) is 0 Å². The molecule has 26 nitrogen and oxygen atoms in total. The highest BCUT2D eigenvalue weighted by molar-refractivity contribution is 5.68. The molecule has 107 heavy (non-hydrogen) atoms. The number of carbonyl (C=O) groups is 7. The molecular formula is C81H144N4O22. The smallest absolute Gasteiger partial charge is 0.322 e. The van der Waals surface area contributed by atoms with Gasteiger partial charge in [0.25, 0.3) is 0 Å². The molecule has 9 unspecified atom stereocenters. The van der Waals surface area contributed by atoms with Crippen molar-refractivity contribution in [1.82, 2.24) is 20.3 Å². The van der Waals surface area contributed by atoms with Crippen LogP contribution in [-0.2, 0) is 105 Å². The fourth-order valence-electron chi connectivity index (χ4n) is 17.6. The molecule has 8 rings (SSSR count). The van der Waals surface area contributed by atoms with Gasteiger partial charge in [-0.05, 0) is 121 Å². The Kier molecular flexibility index (Phi) is 30.2. The van der Waals surface area contributed by atoms with Crippen molar-refractivity contribution in [2.75, 3.05) is 72.7 Å². The van der Waals surface area contributed by atoms with E-state index in [4.69, 9.17) is 71.5 Å². The minimum absolute atomic E-state index is 0.0393. The number of piperidine rings is 4. The van der Waals surface area contributed by atoms with E-state index in [1.807, 2.05) is 22.1 Å². The van der Waals surface area contributed by atoms with E-state index in [9.17, 15) is 33.6 Å². The lowest BCUT2D eigenvalue weighted by molar-refractivity contribution is -0.403. The minimum atomic E-state index is -0.777. The zero-order valence-corrected chi connectivity index (χ0v) is 72.0. The fraction of sp³-hybridized carbons (Fsp3) is 0.914. The summed E-state index contributed by atoms with van der Waals surface area (Å²) in [4.78, 5) is 104. The molecule has 9 atom stereocenters. The summed E-state index contributed by atoms with van der Waals surface area (Å²) in [7, 11) is 0. The molecule has 8 saturated heterocycles. The van der Waals surface area contributed by atoms with Crippen LogP contribution < -0.4 is 0 Å². The third kappa shape index (κ3) is 20.2. The summed E-state index contributed by atoms with van der Waals surface area (Å²) >= 11 is 0. The van der Waals surface area contributed by atoms with Crippen LogP contribution in [0.15, 0.2) is 0 Å². The normalized spacial score (nSPS) is 38.8. The Morgan fingerprint density at radius 1 is 0.308 bits per heavy atom. The van der Waals surface area contributed by atoms with Crippen molar-refractivity contribution in [3.8, 4) is 0 Å². The molecule has 8 fully saturated rings. The van der Waals surface area contributed by atoms with Gasteiger partial charge in [0.2, 0.25) is 0 Å². The second-order valence-electron chi connectivity index (χ2n) is 36.5. The summed E-state index contributed by atoms with van der Waals surface area (Å²) in [5.74, 6) is -5.16. The third-order valence-electron chi connectivity index (χ3n) is 25.9. The standard InChI is InChI=1S/2C22H39NO6.C21H37NO6.C16H29NO4/c2*1-9-19(7)12-22(16(4)20(8,10-2)23(19)29-18(6)25)27-14-21(11-3,15-28-22)13-26-17(5)24;1-9-19(7)11-21(15(3)20(8,10-2)22(19)28-17(5)24)26-13-18(6,14-27-21)12-25-16(4)23;1-12(18)21-17-14(4,5)8-16(9-15(17,6)7)19-10-13(2,3)11-20-16/h2*16H,9-15H2,1-8H3;15H,9-14H2,1-8H3;8-11H2,1-7H3. The molecule has 0 saturated carbocycles. The molecule has 0 amide bonds. The number of hydrogen-bond donors (Lipinski definition) is 0. The first-order valence-corrected chi connectivity index (χ1v) is 39.6. The average Bonchev–Trinajstić information content (AvgIpc) is 0.724. The van der Waals surface area contributed by atoms with Gasteiger partial charge in [-0.2, -0.15) is 0 Å². The Balaban J connectivity index is 0.000000258. The lowest BCUT2D eigenvalue weighted by Crippen LogP contribution is -2.74. The lowest BCUT2D eigenvalue weighted by Gasteiger charge is -2.63. The third-order valence-corrected chi connectivity index (χ3v) is 25.9. The number of carbonyl (C=O) groups excluding carboxylic acids is 7. The highest BCUT2D eigenvalue weighted by Gasteiger charge is 2.68. The predicted octanol–water partition coefficient (Wildman–Crippen LogP) is 14.0. The van der Waals surface area contributed by atoms with E-state index in [-0.39, 0.29) is 98.9 Å². The molecule has 0 aliphatic carbocycles. The Bertz CT molecular complexity index is 2910. The Labute approximate surface area is 642 Å². The summed E-state index contributed by atoms with van der Waals surface area (Å²) in [5.41, 5.74) is -4.33. The number of rotatable bonds is 18. The molecule has 0 radical (unpaired) electrons. The first-order valence-electron chi connectivity index (χ1n) is 39.6. The summed E-state index contributed by atoms with van der Waals surface area (Å²) < 4.78 is 67.1. The van der Waals surface area contributed by atoms with Crippen molar-refractivity contribution in [1.29, 1.82) is 0 Å². The second-order valence-corrected chi connectivity index (χ2v) is 36.5. The number of nitrogens with zero attached hydrogens (tertiary/aromatic N) is 4. The minimum Gasteiger partial charge on any atom is -0.465 e. The maximum atomic E-state index is 11.9. The second kappa shape index (κ2) is 34.6. The molecule has 0 bridgehead atoms. The molecule has 8 heterocycles. The largest absolute Gasteiger partial charge is 0.465 e. The van der Waals surface area contributed by atoms with E-state index in [1.54, 1.807) is 5.06 Å². The van der Waals surface area contributed by atoms with E-state index < -0.39 is 56.4 Å². The van der Waals surface area contributed by atoms with Crippen LogP contribution in [-0.4, -0.2) is 202 Å². The van der Waals surface area contributed by atoms with E-state index >= 15 is 0 Å². The Morgan fingerprint density at radius 2 is 0.561 bits per heavy atom. The van der Waals surface area contributed by atoms with Crippen molar-refractivity contribution < 1.29 is 105 Å². The Morgan fingerprint density at radius 3 is 0.794 bits per heavy atom. The van der Waals surface area contributed by atoms with Gasteiger partial charge in [-0.3, -0.25) is 33.6 Å². The van der Waals surface area contributed by atoms with E-state index in [1.165, 1.54) is 48.5 Å². The number of hydrogen-bond acceptors (Lipinski definition) is 26. The summed E-state index contributed by atoms with van der Waals surface area (Å²) in [6, 6.07) is 0. The van der Waals surface area contributed by atoms with Crippen molar-refractivity contribution in [2.45, 2.75) is 366 Å². The summed E-state index contributed by atoms with van der Waals surface area (Å²) in [5, 5.41) is 7.48. The molecule has 4 spiro atoms. The van der Waals surface area contributed by atoms with Gasteiger partial charge in [-0.25, -0.2) is 0 Å². The van der Waals surface area contributed by atoms with Gasteiger partial charge in [-0.1, -0.05) is 96.9 Å². The highest BCUT2D eigenvalue weighted by Crippen LogP contribution is 2.59. The Hall–Kier alpha value is -4.19. The average molecular weight is 1530 g/mol. The molecule has 8 aliphatic rings. The first-order chi connectivity index (χ1) is 49.1. The van der Waals surface area contributed by atoms with E-state index in [0.29, 0.717) is 98.2 Å². The highest BCUT2D eigenvalue weighted by atomic mass is 16.8. The first kappa shape index (κ1) is 93.4. The SMILES string of the molecule is CC(=O)ON1C(C)(C)CC2(CC1(C)C)OCC(C)(C)CO2.CCC1(C)CC2(OCC(C)(COC(C)=O)CO2)C(C)C(C)(CC)N1OC(C)=O.CCC1(COC(C)=O)COC2(CC(C)(CC)N(OC(C)=O)C(C)(CC)C2C)OC1.CCC1(COC(C)=O)COC2(CC(C)(CC)N(OC(C)=O)C(C)(CC)C2C)OC1. The van der Waals surface area contributed by atoms with Crippen molar-refractivity contribution in [3.05, 3.63) is 0 Å². The topological polar surface area (TPSA) is 271 Å². The lowest BCUT2D eigenvalue weighted by atomic mass is 9.66. The molecule has 0 N–H and O–H groups in total. The van der Waals surface area contributed by atoms with Crippen LogP contribution in [0.25, 0.3) is 0 Å². The van der Waals surface area contributed by atoms with Gasteiger partial charge < -0.3 is 71.5 Å². The number of esters is 3. The zero-order valence-electron chi connectivity index (χ0n) is 72.0. The monoisotopic (exact) mass is 1530 g/mol.